The Balaban J connectivity index is 0.00000144. The lowest BCUT2D eigenvalue weighted by molar-refractivity contribution is -0.138. The topological polar surface area (TPSA) is 55.6 Å². The van der Waals surface area contributed by atoms with Gasteiger partial charge in [-0.2, -0.15) is 0 Å². The summed E-state index contributed by atoms with van der Waals surface area (Å²) in [5.41, 5.74) is 5.67. The van der Waals surface area contributed by atoms with E-state index in [-0.39, 0.29) is 18.3 Å². The van der Waals surface area contributed by atoms with E-state index in [1.165, 1.54) is 6.42 Å². The molecule has 1 saturated carbocycles. The minimum atomic E-state index is -0.581. The van der Waals surface area contributed by atoms with E-state index in [9.17, 15) is 4.79 Å². The van der Waals surface area contributed by atoms with Gasteiger partial charge in [-0.15, -0.1) is 12.4 Å². The number of ether oxygens (including phenoxy) is 1. The van der Waals surface area contributed by atoms with Gasteiger partial charge < -0.3 is 15.4 Å². The normalized spacial score (nSPS) is 24.6. The largest absolute Gasteiger partial charge is 0.380 e. The summed E-state index contributed by atoms with van der Waals surface area (Å²) in [7, 11) is 0. The highest BCUT2D eigenvalue weighted by atomic mass is 35.5. The zero-order valence-electron chi connectivity index (χ0n) is 10.3. The van der Waals surface area contributed by atoms with Crippen LogP contribution in [0.2, 0.25) is 0 Å². The number of nitrogens with zero attached hydrogens (tertiary/aromatic N) is 1. The lowest BCUT2D eigenvalue weighted by atomic mass is 9.81. The highest BCUT2D eigenvalue weighted by molar-refractivity contribution is 5.86. The predicted octanol–water partition coefficient (Wildman–Crippen LogP) is 1.32. The van der Waals surface area contributed by atoms with Crippen molar-refractivity contribution >= 4 is 18.3 Å². The Morgan fingerprint density at radius 3 is 2.47 bits per heavy atom. The molecule has 0 aromatic heterocycles. The first-order valence-electron chi connectivity index (χ1n) is 6.38. The standard InChI is InChI=1S/C12H22N2O2.ClH/c13-12(5-2-1-3-6-12)11(15)14-7-4-9-16-10-8-14;/h1-10,13H2;1H. The number of carbonyl (C=O) groups is 1. The molecule has 1 heterocycles. The van der Waals surface area contributed by atoms with Gasteiger partial charge in [-0.05, 0) is 19.3 Å². The fraction of sp³-hybridized carbons (Fsp3) is 0.917. The van der Waals surface area contributed by atoms with Gasteiger partial charge in [0.15, 0.2) is 0 Å². The molecule has 5 heteroatoms. The molecule has 0 spiro atoms. The highest BCUT2D eigenvalue weighted by Crippen LogP contribution is 2.27. The quantitative estimate of drug-likeness (QED) is 0.775. The summed E-state index contributed by atoms with van der Waals surface area (Å²) in [5.74, 6) is 0.151. The molecule has 1 aliphatic heterocycles. The maximum atomic E-state index is 12.4. The molecule has 1 amide bonds. The van der Waals surface area contributed by atoms with E-state index >= 15 is 0 Å². The molecule has 0 aromatic rings. The van der Waals surface area contributed by atoms with Crippen LogP contribution in [0.4, 0.5) is 0 Å². The second-order valence-electron chi connectivity index (χ2n) is 4.97. The van der Waals surface area contributed by atoms with Crippen molar-refractivity contribution < 1.29 is 9.53 Å². The van der Waals surface area contributed by atoms with Crippen LogP contribution < -0.4 is 5.73 Å². The Labute approximate surface area is 109 Å². The van der Waals surface area contributed by atoms with Crippen molar-refractivity contribution in [2.75, 3.05) is 26.3 Å². The molecule has 2 fully saturated rings. The number of carbonyl (C=O) groups excluding carboxylic acids is 1. The Kier molecular flexibility index (Phi) is 5.70. The molecule has 17 heavy (non-hydrogen) atoms. The third-order valence-corrected chi connectivity index (χ3v) is 3.68. The van der Waals surface area contributed by atoms with Crippen LogP contribution in [0.25, 0.3) is 0 Å². The zero-order chi connectivity index (χ0) is 11.4. The SMILES string of the molecule is Cl.NC1(C(=O)N2CCCOCC2)CCCCC1. The molecule has 0 aromatic carbocycles. The summed E-state index contributed by atoms with van der Waals surface area (Å²) in [5, 5.41) is 0. The van der Waals surface area contributed by atoms with E-state index < -0.39 is 5.54 Å². The van der Waals surface area contributed by atoms with Crippen LogP contribution in [0, 0.1) is 0 Å². The predicted molar refractivity (Wildman–Crippen MR) is 69.3 cm³/mol. The molecule has 100 valence electrons. The first-order valence-corrected chi connectivity index (χ1v) is 6.38. The van der Waals surface area contributed by atoms with Gasteiger partial charge in [0.25, 0.3) is 0 Å². The maximum absolute atomic E-state index is 12.4. The van der Waals surface area contributed by atoms with Crippen molar-refractivity contribution in [2.45, 2.75) is 44.1 Å². The molecular weight excluding hydrogens is 240 g/mol. The van der Waals surface area contributed by atoms with E-state index in [1.807, 2.05) is 4.90 Å². The van der Waals surface area contributed by atoms with Crippen molar-refractivity contribution in [1.29, 1.82) is 0 Å². The van der Waals surface area contributed by atoms with E-state index in [2.05, 4.69) is 0 Å². The fourth-order valence-electron chi connectivity index (χ4n) is 2.66. The number of amides is 1. The van der Waals surface area contributed by atoms with Gasteiger partial charge in [0.05, 0.1) is 12.1 Å². The van der Waals surface area contributed by atoms with E-state index in [0.29, 0.717) is 13.2 Å². The number of hydrogen-bond acceptors (Lipinski definition) is 3. The minimum absolute atomic E-state index is 0. The van der Waals surface area contributed by atoms with Gasteiger partial charge in [-0.3, -0.25) is 4.79 Å². The lowest BCUT2D eigenvalue weighted by Gasteiger charge is -2.36. The Hall–Kier alpha value is -0.320. The van der Waals surface area contributed by atoms with Crippen molar-refractivity contribution in [1.82, 2.24) is 4.90 Å². The second kappa shape index (κ2) is 6.57. The molecule has 0 radical (unpaired) electrons. The fourth-order valence-corrected chi connectivity index (χ4v) is 2.66. The van der Waals surface area contributed by atoms with Gasteiger partial charge >= 0.3 is 0 Å². The molecule has 1 aliphatic carbocycles. The average molecular weight is 263 g/mol. The maximum Gasteiger partial charge on any atom is 0.242 e. The van der Waals surface area contributed by atoms with Crippen molar-refractivity contribution in [3.05, 3.63) is 0 Å². The Morgan fingerprint density at radius 2 is 1.76 bits per heavy atom. The molecule has 2 rings (SSSR count). The third kappa shape index (κ3) is 3.57. The first-order chi connectivity index (χ1) is 7.72. The summed E-state index contributed by atoms with van der Waals surface area (Å²) in [6.07, 6.45) is 6.03. The molecule has 2 aliphatic rings. The molecule has 2 N–H and O–H groups in total. The van der Waals surface area contributed by atoms with Gasteiger partial charge in [0.1, 0.15) is 0 Å². The van der Waals surface area contributed by atoms with E-state index in [0.717, 1.165) is 45.3 Å². The zero-order valence-corrected chi connectivity index (χ0v) is 11.1. The van der Waals surface area contributed by atoms with Gasteiger partial charge in [0.2, 0.25) is 5.91 Å². The third-order valence-electron chi connectivity index (χ3n) is 3.68. The first kappa shape index (κ1) is 14.7. The summed E-state index contributed by atoms with van der Waals surface area (Å²) in [6.45, 7) is 2.93. The highest BCUT2D eigenvalue weighted by Gasteiger charge is 2.38. The average Bonchev–Trinajstić information content (AvgIpc) is 2.57. The van der Waals surface area contributed by atoms with Crippen LogP contribution in [0.15, 0.2) is 0 Å². The van der Waals surface area contributed by atoms with Gasteiger partial charge in [0, 0.05) is 19.7 Å². The molecule has 0 unspecified atom stereocenters. The second-order valence-corrected chi connectivity index (χ2v) is 4.97. The summed E-state index contributed by atoms with van der Waals surface area (Å²) in [4.78, 5) is 14.3. The molecular formula is C12H23ClN2O2. The van der Waals surface area contributed by atoms with Crippen LogP contribution in [0.5, 0.6) is 0 Å². The monoisotopic (exact) mass is 262 g/mol. The lowest BCUT2D eigenvalue weighted by Crippen LogP contribution is -2.56. The van der Waals surface area contributed by atoms with Crippen molar-refractivity contribution in [3.8, 4) is 0 Å². The van der Waals surface area contributed by atoms with Crippen molar-refractivity contribution in [2.24, 2.45) is 5.73 Å². The number of rotatable bonds is 1. The molecule has 1 saturated heterocycles. The van der Waals surface area contributed by atoms with E-state index in [4.69, 9.17) is 10.5 Å². The Bertz CT molecular complexity index is 247. The van der Waals surface area contributed by atoms with Gasteiger partial charge in [-0.1, -0.05) is 19.3 Å². The minimum Gasteiger partial charge on any atom is -0.380 e. The Morgan fingerprint density at radius 1 is 1.06 bits per heavy atom. The molecule has 0 atom stereocenters. The molecule has 0 bridgehead atoms. The van der Waals surface area contributed by atoms with E-state index in [1.54, 1.807) is 0 Å². The van der Waals surface area contributed by atoms with Crippen LogP contribution in [0.3, 0.4) is 0 Å². The summed E-state index contributed by atoms with van der Waals surface area (Å²) >= 11 is 0. The summed E-state index contributed by atoms with van der Waals surface area (Å²) in [6, 6.07) is 0. The molecule has 4 nitrogen and oxygen atoms in total. The van der Waals surface area contributed by atoms with Crippen molar-refractivity contribution in [3.63, 3.8) is 0 Å². The van der Waals surface area contributed by atoms with Gasteiger partial charge in [-0.25, -0.2) is 0 Å². The van der Waals surface area contributed by atoms with Crippen LogP contribution in [0.1, 0.15) is 38.5 Å². The summed E-state index contributed by atoms with van der Waals surface area (Å²) < 4.78 is 5.36. The van der Waals surface area contributed by atoms with Crippen LogP contribution in [-0.2, 0) is 9.53 Å². The number of nitrogens with two attached hydrogens (primary N) is 1. The van der Waals surface area contributed by atoms with Crippen LogP contribution >= 0.6 is 12.4 Å². The number of halogens is 1. The van der Waals surface area contributed by atoms with Crippen LogP contribution in [-0.4, -0.2) is 42.6 Å². The smallest absolute Gasteiger partial charge is 0.242 e. The number of hydrogen-bond donors (Lipinski definition) is 1.